The molecule has 5 heteroatoms. The van der Waals surface area contributed by atoms with Gasteiger partial charge in [-0.3, -0.25) is 0 Å². The fourth-order valence-electron chi connectivity index (χ4n) is 2.11. The molecule has 0 bridgehead atoms. The van der Waals surface area contributed by atoms with Gasteiger partial charge in [0.1, 0.15) is 11.4 Å². The van der Waals surface area contributed by atoms with Gasteiger partial charge in [0.05, 0.1) is 0 Å². The van der Waals surface area contributed by atoms with E-state index in [1.54, 1.807) is 0 Å². The molecule has 5 nitrogen and oxygen atoms in total. The molecule has 1 atom stereocenters. The first-order valence-corrected chi connectivity index (χ1v) is 6.02. The highest BCUT2D eigenvalue weighted by Gasteiger charge is 2.28. The van der Waals surface area contributed by atoms with Crippen molar-refractivity contribution in [3.05, 3.63) is 30.3 Å². The van der Waals surface area contributed by atoms with Gasteiger partial charge in [0.2, 0.25) is 0 Å². The van der Waals surface area contributed by atoms with Crippen molar-refractivity contribution in [1.82, 2.24) is 9.78 Å². The zero-order valence-electron chi connectivity index (χ0n) is 10.4. The summed E-state index contributed by atoms with van der Waals surface area (Å²) < 4.78 is 1.82. The van der Waals surface area contributed by atoms with E-state index in [0.29, 0.717) is 17.4 Å². The molecule has 3 rings (SSSR count). The van der Waals surface area contributed by atoms with Crippen molar-refractivity contribution >= 4 is 11.5 Å². The van der Waals surface area contributed by atoms with Crippen LogP contribution in [0.5, 0.6) is 0 Å². The van der Waals surface area contributed by atoms with Crippen LogP contribution >= 0.6 is 0 Å². The highest BCUT2D eigenvalue weighted by Crippen LogP contribution is 2.41. The van der Waals surface area contributed by atoms with E-state index in [1.165, 1.54) is 0 Å². The summed E-state index contributed by atoms with van der Waals surface area (Å²) in [6.07, 6.45) is -0.0419. The van der Waals surface area contributed by atoms with Crippen molar-refractivity contribution in [3.8, 4) is 11.3 Å². The Morgan fingerprint density at radius 1 is 1.22 bits per heavy atom. The van der Waals surface area contributed by atoms with E-state index in [-0.39, 0.29) is 6.17 Å². The van der Waals surface area contributed by atoms with Gasteiger partial charge < -0.3 is 5.73 Å². The summed E-state index contributed by atoms with van der Waals surface area (Å²) in [5.74, 6) is 1.02. The maximum absolute atomic E-state index is 6.11. The lowest BCUT2D eigenvalue weighted by molar-refractivity contribution is 0.375. The lowest BCUT2D eigenvalue weighted by Gasteiger charge is -2.11. The van der Waals surface area contributed by atoms with Crippen molar-refractivity contribution in [2.75, 3.05) is 5.73 Å². The molecule has 1 unspecified atom stereocenters. The molecular weight excluding hydrogens is 226 g/mol. The Kier molecular flexibility index (Phi) is 2.40. The molecular formula is C13H15N5. The fraction of sp³-hybridized carbons (Fsp3) is 0.308. The third kappa shape index (κ3) is 1.51. The van der Waals surface area contributed by atoms with E-state index in [2.05, 4.69) is 29.2 Å². The Balaban J connectivity index is 2.11. The lowest BCUT2D eigenvalue weighted by Crippen LogP contribution is -2.10. The Bertz CT molecular complexity index is 597. The van der Waals surface area contributed by atoms with Gasteiger partial charge in [0, 0.05) is 5.56 Å². The SMILES string of the molecule is CC(C)C1N=Nc2c(N)c(-c3ccccc3)nn21. The quantitative estimate of drug-likeness (QED) is 0.875. The van der Waals surface area contributed by atoms with Gasteiger partial charge in [-0.05, 0) is 5.92 Å². The van der Waals surface area contributed by atoms with Crippen molar-refractivity contribution < 1.29 is 0 Å². The van der Waals surface area contributed by atoms with Gasteiger partial charge in [0.25, 0.3) is 0 Å². The molecule has 1 aliphatic rings. The molecule has 92 valence electrons. The maximum Gasteiger partial charge on any atom is 0.198 e. The first-order chi connectivity index (χ1) is 8.68. The van der Waals surface area contributed by atoms with Crippen molar-refractivity contribution in [2.45, 2.75) is 20.0 Å². The monoisotopic (exact) mass is 241 g/mol. The number of nitrogens with zero attached hydrogens (tertiary/aromatic N) is 4. The zero-order chi connectivity index (χ0) is 12.7. The van der Waals surface area contributed by atoms with Crippen molar-refractivity contribution in [3.63, 3.8) is 0 Å². The minimum Gasteiger partial charge on any atom is -0.394 e. The van der Waals surface area contributed by atoms with Gasteiger partial charge in [-0.1, -0.05) is 44.2 Å². The number of rotatable bonds is 2. The third-order valence-corrected chi connectivity index (χ3v) is 3.09. The van der Waals surface area contributed by atoms with Gasteiger partial charge in [0.15, 0.2) is 12.0 Å². The number of aromatic nitrogens is 2. The molecule has 2 aromatic rings. The van der Waals surface area contributed by atoms with Gasteiger partial charge in [-0.15, -0.1) is 5.11 Å². The molecule has 1 aromatic carbocycles. The van der Waals surface area contributed by atoms with Crippen LogP contribution < -0.4 is 5.73 Å². The maximum atomic E-state index is 6.11. The number of hydrogen-bond acceptors (Lipinski definition) is 4. The molecule has 1 aromatic heterocycles. The largest absolute Gasteiger partial charge is 0.394 e. The van der Waals surface area contributed by atoms with Gasteiger partial charge >= 0.3 is 0 Å². The first-order valence-electron chi connectivity index (χ1n) is 6.02. The fourth-order valence-corrected chi connectivity index (χ4v) is 2.11. The number of nitrogen functional groups attached to an aromatic ring is 1. The Morgan fingerprint density at radius 2 is 1.94 bits per heavy atom. The van der Waals surface area contributed by atoms with E-state index in [0.717, 1.165) is 11.3 Å². The van der Waals surface area contributed by atoms with Crippen LogP contribution in [-0.4, -0.2) is 9.78 Å². The molecule has 1 aliphatic heterocycles. The van der Waals surface area contributed by atoms with E-state index < -0.39 is 0 Å². The van der Waals surface area contributed by atoms with Crippen molar-refractivity contribution in [1.29, 1.82) is 0 Å². The minimum atomic E-state index is -0.0419. The number of fused-ring (bicyclic) bond motifs is 1. The molecule has 0 radical (unpaired) electrons. The van der Waals surface area contributed by atoms with E-state index in [4.69, 9.17) is 5.73 Å². The summed E-state index contributed by atoms with van der Waals surface area (Å²) in [6, 6.07) is 9.91. The van der Waals surface area contributed by atoms with E-state index in [1.807, 2.05) is 35.0 Å². The molecule has 18 heavy (non-hydrogen) atoms. The van der Waals surface area contributed by atoms with E-state index >= 15 is 0 Å². The molecule has 0 spiro atoms. The zero-order valence-corrected chi connectivity index (χ0v) is 10.4. The summed E-state index contributed by atoms with van der Waals surface area (Å²) >= 11 is 0. The second-order valence-corrected chi connectivity index (χ2v) is 4.77. The van der Waals surface area contributed by atoms with Gasteiger partial charge in [-0.25, -0.2) is 4.68 Å². The van der Waals surface area contributed by atoms with Crippen molar-refractivity contribution in [2.24, 2.45) is 16.1 Å². The summed E-state index contributed by atoms with van der Waals surface area (Å²) in [5, 5.41) is 12.9. The number of nitrogens with two attached hydrogens (primary N) is 1. The topological polar surface area (TPSA) is 68.6 Å². The van der Waals surface area contributed by atoms with Crippen LogP contribution in [0, 0.1) is 5.92 Å². The standard InChI is InChI=1S/C13H15N5/c1-8(2)12-15-16-13-10(14)11(17-18(12)13)9-6-4-3-5-7-9/h3-8,12H,14H2,1-2H3. The summed E-state index contributed by atoms with van der Waals surface area (Å²) in [6.45, 7) is 4.19. The van der Waals surface area contributed by atoms with E-state index in [9.17, 15) is 0 Å². The predicted molar refractivity (Wildman–Crippen MR) is 70.5 cm³/mol. The summed E-state index contributed by atoms with van der Waals surface area (Å²) in [5.41, 5.74) is 8.51. The molecule has 0 aliphatic carbocycles. The summed E-state index contributed by atoms with van der Waals surface area (Å²) in [7, 11) is 0. The highest BCUT2D eigenvalue weighted by atomic mass is 15.5. The number of benzene rings is 1. The van der Waals surface area contributed by atoms with Gasteiger partial charge in [-0.2, -0.15) is 10.2 Å². The average molecular weight is 241 g/mol. The molecule has 2 N–H and O–H groups in total. The lowest BCUT2D eigenvalue weighted by atomic mass is 10.1. The summed E-state index contributed by atoms with van der Waals surface area (Å²) in [4.78, 5) is 0. The molecule has 0 amide bonds. The van der Waals surface area contributed by atoms with Crippen LogP contribution in [0.2, 0.25) is 0 Å². The number of azo groups is 1. The Morgan fingerprint density at radius 3 is 2.61 bits per heavy atom. The normalized spacial score (nSPS) is 17.4. The van der Waals surface area contributed by atoms with Crippen LogP contribution in [0.3, 0.4) is 0 Å². The molecule has 0 fully saturated rings. The van der Waals surface area contributed by atoms with Crippen LogP contribution in [-0.2, 0) is 0 Å². The first kappa shape index (κ1) is 11.0. The smallest absolute Gasteiger partial charge is 0.198 e. The second-order valence-electron chi connectivity index (χ2n) is 4.77. The van der Waals surface area contributed by atoms with Crippen LogP contribution in [0.1, 0.15) is 20.0 Å². The number of anilines is 1. The molecule has 0 saturated carbocycles. The average Bonchev–Trinajstić information content (AvgIpc) is 2.91. The molecule has 2 heterocycles. The Hall–Kier alpha value is -2.17. The highest BCUT2D eigenvalue weighted by molar-refractivity contribution is 5.80. The Labute approximate surface area is 105 Å². The minimum absolute atomic E-state index is 0.0419. The number of hydrogen-bond donors (Lipinski definition) is 1. The second kappa shape index (κ2) is 3.94. The predicted octanol–water partition coefficient (Wildman–Crippen LogP) is 3.38. The molecule has 0 saturated heterocycles. The van der Waals surface area contributed by atoms with Crippen LogP contribution in [0.15, 0.2) is 40.6 Å². The van der Waals surface area contributed by atoms with Crippen LogP contribution in [0.4, 0.5) is 11.5 Å². The third-order valence-electron chi connectivity index (χ3n) is 3.09. The van der Waals surface area contributed by atoms with Crippen LogP contribution in [0.25, 0.3) is 11.3 Å².